The van der Waals surface area contributed by atoms with E-state index >= 15 is 0 Å². The number of H-pyrrole nitrogens is 1. The number of carbonyl (C=O) groups excluding carboxylic acids is 1. The normalized spacial score (nSPS) is 18.4. The average molecular weight is 279 g/mol. The van der Waals surface area contributed by atoms with Crippen molar-refractivity contribution in [2.45, 2.75) is 38.8 Å². The molecule has 1 fully saturated rings. The van der Waals surface area contributed by atoms with Crippen LogP contribution in [0.15, 0.2) is 16.9 Å². The summed E-state index contributed by atoms with van der Waals surface area (Å²) in [7, 11) is 0. The Balaban J connectivity index is 2.19. The quantitative estimate of drug-likeness (QED) is 0.756. The molecule has 1 unspecified atom stereocenters. The van der Waals surface area contributed by atoms with Crippen LogP contribution < -0.4 is 10.9 Å². The lowest BCUT2D eigenvalue weighted by Crippen LogP contribution is -2.45. The van der Waals surface area contributed by atoms with Crippen LogP contribution in [0.4, 0.5) is 0 Å². The molecule has 6 heteroatoms. The Bertz CT molecular complexity index is 533. The Kier molecular flexibility index (Phi) is 4.44. The number of hydrogen-bond acceptors (Lipinski definition) is 4. The summed E-state index contributed by atoms with van der Waals surface area (Å²) in [6, 6.07) is 2.85. The van der Waals surface area contributed by atoms with Gasteiger partial charge in [0.2, 0.25) is 0 Å². The summed E-state index contributed by atoms with van der Waals surface area (Å²) < 4.78 is 0. The highest BCUT2D eigenvalue weighted by atomic mass is 16.3. The minimum Gasteiger partial charge on any atom is -0.494 e. The second kappa shape index (κ2) is 6.09. The number of aromatic nitrogens is 1. The fraction of sp³-hybridized carbons (Fsp3) is 0.571. The summed E-state index contributed by atoms with van der Waals surface area (Å²) in [5.74, 6) is -0.515. The van der Waals surface area contributed by atoms with E-state index in [1.165, 1.54) is 12.1 Å². The van der Waals surface area contributed by atoms with Crippen LogP contribution in [0.3, 0.4) is 0 Å². The lowest BCUT2D eigenvalue weighted by Gasteiger charge is -2.29. The number of nitrogens with zero attached hydrogens (tertiary/aromatic N) is 1. The van der Waals surface area contributed by atoms with Crippen LogP contribution >= 0.6 is 0 Å². The highest BCUT2D eigenvalue weighted by Crippen LogP contribution is 2.14. The first kappa shape index (κ1) is 14.6. The maximum atomic E-state index is 12.5. The zero-order chi connectivity index (χ0) is 14.7. The van der Waals surface area contributed by atoms with Gasteiger partial charge in [0.15, 0.2) is 5.88 Å². The maximum absolute atomic E-state index is 12.5. The number of pyridine rings is 1. The molecular formula is C14H21N3O3. The maximum Gasteiger partial charge on any atom is 0.254 e. The summed E-state index contributed by atoms with van der Waals surface area (Å²) in [5, 5.41) is 12.8. The molecule has 1 saturated heterocycles. The van der Waals surface area contributed by atoms with Crippen molar-refractivity contribution in [3.63, 3.8) is 0 Å². The fourth-order valence-corrected chi connectivity index (χ4v) is 2.50. The van der Waals surface area contributed by atoms with Crippen molar-refractivity contribution in [1.82, 2.24) is 15.2 Å². The average Bonchev–Trinajstić information content (AvgIpc) is 2.86. The summed E-state index contributed by atoms with van der Waals surface area (Å²) in [6.45, 7) is 5.49. The van der Waals surface area contributed by atoms with Gasteiger partial charge in [-0.1, -0.05) is 0 Å². The molecule has 1 aromatic heterocycles. The van der Waals surface area contributed by atoms with Crippen molar-refractivity contribution in [3.8, 4) is 5.88 Å². The monoisotopic (exact) mass is 279 g/mol. The zero-order valence-corrected chi connectivity index (χ0v) is 11.8. The molecule has 110 valence electrons. The van der Waals surface area contributed by atoms with Gasteiger partial charge in [-0.2, -0.15) is 0 Å². The molecule has 1 amide bonds. The van der Waals surface area contributed by atoms with E-state index in [2.05, 4.69) is 10.3 Å². The molecule has 0 radical (unpaired) electrons. The predicted octanol–water partition coefficient (Wildman–Crippen LogP) is 0.683. The number of carbonyl (C=O) groups is 1. The van der Waals surface area contributed by atoms with Gasteiger partial charge in [-0.3, -0.25) is 14.6 Å². The molecule has 2 rings (SSSR count). The molecular weight excluding hydrogens is 258 g/mol. The Morgan fingerprint density at radius 1 is 1.50 bits per heavy atom. The van der Waals surface area contributed by atoms with Gasteiger partial charge in [0.25, 0.3) is 11.5 Å². The third kappa shape index (κ3) is 3.39. The molecule has 0 saturated carbocycles. The first-order valence-electron chi connectivity index (χ1n) is 6.95. The first-order chi connectivity index (χ1) is 9.47. The van der Waals surface area contributed by atoms with E-state index in [0.717, 1.165) is 19.4 Å². The van der Waals surface area contributed by atoms with Crippen LogP contribution in [0.1, 0.15) is 37.0 Å². The fourth-order valence-electron chi connectivity index (χ4n) is 2.50. The summed E-state index contributed by atoms with van der Waals surface area (Å²) in [6.07, 6.45) is 2.17. The largest absolute Gasteiger partial charge is 0.494 e. The molecule has 1 aromatic rings. The topological polar surface area (TPSA) is 85.4 Å². The van der Waals surface area contributed by atoms with E-state index in [1.54, 1.807) is 4.90 Å². The van der Waals surface area contributed by atoms with Crippen molar-refractivity contribution in [1.29, 1.82) is 0 Å². The van der Waals surface area contributed by atoms with Gasteiger partial charge in [0, 0.05) is 30.8 Å². The minimum absolute atomic E-state index is 0.0336. The number of rotatable bonds is 4. The third-order valence-corrected chi connectivity index (χ3v) is 3.54. The molecule has 1 aliphatic heterocycles. The van der Waals surface area contributed by atoms with Gasteiger partial charge in [0.1, 0.15) is 0 Å². The molecule has 1 atom stereocenters. The van der Waals surface area contributed by atoms with Crippen molar-refractivity contribution in [3.05, 3.63) is 28.0 Å². The van der Waals surface area contributed by atoms with Crippen LogP contribution in [-0.2, 0) is 0 Å². The lowest BCUT2D eigenvalue weighted by atomic mass is 10.1. The van der Waals surface area contributed by atoms with Crippen molar-refractivity contribution >= 4 is 5.91 Å². The van der Waals surface area contributed by atoms with Crippen molar-refractivity contribution in [2.24, 2.45) is 0 Å². The minimum atomic E-state index is -0.476. The van der Waals surface area contributed by atoms with Gasteiger partial charge < -0.3 is 15.3 Å². The highest BCUT2D eigenvalue weighted by Gasteiger charge is 2.24. The van der Waals surface area contributed by atoms with Crippen LogP contribution in [-0.4, -0.2) is 46.1 Å². The van der Waals surface area contributed by atoms with Gasteiger partial charge >= 0.3 is 0 Å². The smallest absolute Gasteiger partial charge is 0.254 e. The van der Waals surface area contributed by atoms with Gasteiger partial charge in [-0.05, 0) is 33.2 Å². The highest BCUT2D eigenvalue weighted by molar-refractivity contribution is 5.94. The number of amides is 1. The second-order valence-corrected chi connectivity index (χ2v) is 5.46. The SMILES string of the molecule is CC(C)N(CC1CCCN1)C(=O)c1cc(O)[nH]c(=O)c1. The Labute approximate surface area is 117 Å². The second-order valence-electron chi connectivity index (χ2n) is 5.46. The van der Waals surface area contributed by atoms with Crippen LogP contribution in [0, 0.1) is 0 Å². The van der Waals surface area contributed by atoms with E-state index in [4.69, 9.17) is 0 Å². The van der Waals surface area contributed by atoms with E-state index in [0.29, 0.717) is 12.6 Å². The van der Waals surface area contributed by atoms with Crippen molar-refractivity contribution in [2.75, 3.05) is 13.1 Å². The Hall–Kier alpha value is -1.82. The molecule has 6 nitrogen and oxygen atoms in total. The summed E-state index contributed by atoms with van der Waals surface area (Å²) in [4.78, 5) is 27.8. The molecule has 3 N–H and O–H groups in total. The van der Waals surface area contributed by atoms with Gasteiger partial charge in [-0.25, -0.2) is 0 Å². The van der Waals surface area contributed by atoms with E-state index in [1.807, 2.05) is 13.8 Å². The van der Waals surface area contributed by atoms with Gasteiger partial charge in [0.05, 0.1) is 5.56 Å². The number of aromatic amines is 1. The first-order valence-corrected chi connectivity index (χ1v) is 6.95. The molecule has 1 aliphatic rings. The van der Waals surface area contributed by atoms with Crippen LogP contribution in [0.25, 0.3) is 0 Å². The molecule has 0 bridgehead atoms. The van der Waals surface area contributed by atoms with Gasteiger partial charge in [-0.15, -0.1) is 0 Å². The predicted molar refractivity (Wildman–Crippen MR) is 75.9 cm³/mol. The van der Waals surface area contributed by atoms with Crippen LogP contribution in [0.2, 0.25) is 0 Å². The van der Waals surface area contributed by atoms with Crippen molar-refractivity contribution < 1.29 is 9.90 Å². The lowest BCUT2D eigenvalue weighted by molar-refractivity contribution is 0.0688. The number of nitrogens with one attached hydrogen (secondary N) is 2. The molecule has 20 heavy (non-hydrogen) atoms. The molecule has 0 aliphatic carbocycles. The third-order valence-electron chi connectivity index (χ3n) is 3.54. The van der Waals surface area contributed by atoms with E-state index in [9.17, 15) is 14.7 Å². The number of aromatic hydroxyl groups is 1. The zero-order valence-electron chi connectivity index (χ0n) is 11.8. The standard InChI is InChI=1S/C14H21N3O3/c1-9(2)17(8-11-4-3-5-15-11)14(20)10-6-12(18)16-13(19)7-10/h6-7,9,11,15H,3-5,8H2,1-2H3,(H2,16,18,19). The van der Waals surface area contributed by atoms with Crippen LogP contribution in [0.5, 0.6) is 5.88 Å². The Morgan fingerprint density at radius 2 is 2.25 bits per heavy atom. The molecule has 0 aromatic carbocycles. The van der Waals surface area contributed by atoms with E-state index in [-0.39, 0.29) is 23.4 Å². The summed E-state index contributed by atoms with van der Waals surface area (Å²) >= 11 is 0. The molecule has 2 heterocycles. The summed E-state index contributed by atoms with van der Waals surface area (Å²) in [5.41, 5.74) is -0.256. The van der Waals surface area contributed by atoms with E-state index < -0.39 is 5.56 Å². The number of hydrogen-bond donors (Lipinski definition) is 3. The Morgan fingerprint density at radius 3 is 2.80 bits per heavy atom. The molecule has 0 spiro atoms.